The van der Waals surface area contributed by atoms with Crippen molar-refractivity contribution in [1.82, 2.24) is 4.90 Å². The summed E-state index contributed by atoms with van der Waals surface area (Å²) in [5.41, 5.74) is 5.94. The van der Waals surface area contributed by atoms with E-state index >= 15 is 0 Å². The van der Waals surface area contributed by atoms with Crippen LogP contribution in [0, 0.1) is 11.3 Å². The van der Waals surface area contributed by atoms with Crippen molar-refractivity contribution in [3.05, 3.63) is 24.3 Å². The first kappa shape index (κ1) is 19.7. The topological polar surface area (TPSA) is 89.7 Å². The SMILES string of the molecule is COc1ccc(S(=O)(=O)CC(C)C(=O)N2CCC(N)C(C)(C)C2)cc1. The highest BCUT2D eigenvalue weighted by molar-refractivity contribution is 7.91. The van der Waals surface area contributed by atoms with Crippen LogP contribution in [-0.2, 0) is 14.6 Å². The van der Waals surface area contributed by atoms with E-state index in [1.807, 2.05) is 13.8 Å². The van der Waals surface area contributed by atoms with Crippen LogP contribution in [0.4, 0.5) is 0 Å². The van der Waals surface area contributed by atoms with E-state index in [9.17, 15) is 13.2 Å². The van der Waals surface area contributed by atoms with Crippen molar-refractivity contribution in [1.29, 1.82) is 0 Å². The smallest absolute Gasteiger partial charge is 0.226 e. The molecule has 2 N–H and O–H groups in total. The Bertz CT molecular complexity index is 713. The summed E-state index contributed by atoms with van der Waals surface area (Å²) in [5, 5.41) is 0. The molecule has 0 aromatic heterocycles. The fourth-order valence-electron chi connectivity index (χ4n) is 3.15. The Balaban J connectivity index is 2.07. The number of carbonyl (C=O) groups excluding carboxylic acids is 1. The molecule has 0 aliphatic carbocycles. The van der Waals surface area contributed by atoms with Crippen molar-refractivity contribution in [3.63, 3.8) is 0 Å². The van der Waals surface area contributed by atoms with Crippen LogP contribution in [0.3, 0.4) is 0 Å². The number of rotatable bonds is 5. The van der Waals surface area contributed by atoms with Crippen molar-refractivity contribution < 1.29 is 17.9 Å². The van der Waals surface area contributed by atoms with Gasteiger partial charge >= 0.3 is 0 Å². The van der Waals surface area contributed by atoms with Crippen LogP contribution in [0.25, 0.3) is 0 Å². The number of methoxy groups -OCH3 is 1. The molecular weight excluding hydrogens is 340 g/mol. The monoisotopic (exact) mass is 368 g/mol. The van der Waals surface area contributed by atoms with Crippen molar-refractivity contribution in [3.8, 4) is 5.75 Å². The molecule has 1 aliphatic rings. The second kappa shape index (κ2) is 7.33. The molecule has 0 spiro atoms. The van der Waals surface area contributed by atoms with Gasteiger partial charge in [-0.2, -0.15) is 0 Å². The first-order chi connectivity index (χ1) is 11.6. The van der Waals surface area contributed by atoms with Gasteiger partial charge in [0.05, 0.1) is 17.8 Å². The maximum absolute atomic E-state index is 12.7. The molecule has 0 saturated carbocycles. The third-order valence-corrected chi connectivity index (χ3v) is 6.86. The van der Waals surface area contributed by atoms with Gasteiger partial charge in [-0.05, 0) is 36.1 Å². The van der Waals surface area contributed by atoms with Gasteiger partial charge in [0.2, 0.25) is 5.91 Å². The standard InChI is InChI=1S/C18H28N2O4S/c1-13(17(21)20-10-9-16(19)18(2,3)12-20)11-25(22,23)15-7-5-14(24-4)6-8-15/h5-8,13,16H,9-12,19H2,1-4H3. The quantitative estimate of drug-likeness (QED) is 0.854. The zero-order valence-electron chi connectivity index (χ0n) is 15.4. The number of ether oxygens (including phenoxy) is 1. The van der Waals surface area contributed by atoms with E-state index in [4.69, 9.17) is 10.5 Å². The highest BCUT2D eigenvalue weighted by atomic mass is 32.2. The van der Waals surface area contributed by atoms with Gasteiger partial charge in [0.25, 0.3) is 0 Å². The van der Waals surface area contributed by atoms with Gasteiger partial charge in [0.1, 0.15) is 5.75 Å². The molecule has 6 nitrogen and oxygen atoms in total. The van der Waals surface area contributed by atoms with Crippen LogP contribution in [0.2, 0.25) is 0 Å². The number of sulfone groups is 1. The minimum atomic E-state index is -3.54. The van der Waals surface area contributed by atoms with Gasteiger partial charge in [0.15, 0.2) is 9.84 Å². The molecule has 7 heteroatoms. The van der Waals surface area contributed by atoms with E-state index in [-0.39, 0.29) is 28.0 Å². The zero-order chi connectivity index (χ0) is 18.8. The number of hydrogen-bond acceptors (Lipinski definition) is 5. The molecule has 0 bridgehead atoms. The summed E-state index contributed by atoms with van der Waals surface area (Å²) in [4.78, 5) is 14.7. The Morgan fingerprint density at radius 2 is 1.96 bits per heavy atom. The van der Waals surface area contributed by atoms with Gasteiger partial charge < -0.3 is 15.4 Å². The second-order valence-electron chi connectivity index (χ2n) is 7.50. The maximum Gasteiger partial charge on any atom is 0.226 e. The van der Waals surface area contributed by atoms with Gasteiger partial charge in [0, 0.05) is 25.0 Å². The lowest BCUT2D eigenvalue weighted by molar-refractivity contribution is -0.137. The number of hydrogen-bond donors (Lipinski definition) is 1. The number of piperidine rings is 1. The number of nitrogens with zero attached hydrogens (tertiary/aromatic N) is 1. The molecular formula is C18H28N2O4S. The Hall–Kier alpha value is -1.60. The fraction of sp³-hybridized carbons (Fsp3) is 0.611. The summed E-state index contributed by atoms with van der Waals surface area (Å²) in [6, 6.07) is 6.28. The second-order valence-corrected chi connectivity index (χ2v) is 9.54. The molecule has 1 saturated heterocycles. The summed E-state index contributed by atoms with van der Waals surface area (Å²) in [5.74, 6) is -0.342. The van der Waals surface area contributed by atoms with E-state index in [0.717, 1.165) is 6.42 Å². The highest BCUT2D eigenvalue weighted by Gasteiger charge is 2.37. The summed E-state index contributed by atoms with van der Waals surface area (Å²) in [6.45, 7) is 6.88. The third kappa shape index (κ3) is 4.52. The van der Waals surface area contributed by atoms with Crippen molar-refractivity contribution >= 4 is 15.7 Å². The summed E-state index contributed by atoms with van der Waals surface area (Å²) >= 11 is 0. The molecule has 140 valence electrons. The van der Waals surface area contributed by atoms with Gasteiger partial charge in [-0.15, -0.1) is 0 Å². The van der Waals surface area contributed by atoms with Crippen molar-refractivity contribution in [2.75, 3.05) is 26.0 Å². The number of amides is 1. The molecule has 2 rings (SSSR count). The minimum absolute atomic E-state index is 0.0508. The van der Waals surface area contributed by atoms with Crippen molar-refractivity contribution in [2.45, 2.75) is 38.1 Å². The average Bonchev–Trinajstić information content (AvgIpc) is 2.56. The Morgan fingerprint density at radius 1 is 1.36 bits per heavy atom. The van der Waals surface area contributed by atoms with Crippen LogP contribution in [0.1, 0.15) is 27.2 Å². The van der Waals surface area contributed by atoms with Crippen LogP contribution in [0.5, 0.6) is 5.75 Å². The Kier molecular flexibility index (Phi) is 5.79. The molecule has 1 amide bonds. The van der Waals surface area contributed by atoms with E-state index in [2.05, 4.69) is 0 Å². The molecule has 0 radical (unpaired) electrons. The highest BCUT2D eigenvalue weighted by Crippen LogP contribution is 2.29. The van der Waals surface area contributed by atoms with Gasteiger partial charge in [-0.1, -0.05) is 20.8 Å². The minimum Gasteiger partial charge on any atom is -0.497 e. The molecule has 1 aromatic rings. The Morgan fingerprint density at radius 3 is 2.48 bits per heavy atom. The van der Waals surface area contributed by atoms with E-state index in [1.165, 1.54) is 19.2 Å². The number of likely N-dealkylation sites (tertiary alicyclic amines) is 1. The predicted molar refractivity (Wildman–Crippen MR) is 97.2 cm³/mol. The molecule has 25 heavy (non-hydrogen) atoms. The molecule has 2 atom stereocenters. The summed E-state index contributed by atoms with van der Waals surface area (Å²) in [6.07, 6.45) is 0.733. The molecule has 1 aromatic carbocycles. The lowest BCUT2D eigenvalue weighted by atomic mass is 9.79. The largest absolute Gasteiger partial charge is 0.497 e. The first-order valence-corrected chi connectivity index (χ1v) is 10.1. The molecule has 1 fully saturated rings. The average molecular weight is 368 g/mol. The number of carbonyl (C=O) groups is 1. The summed E-state index contributed by atoms with van der Waals surface area (Å²) < 4.78 is 30.2. The predicted octanol–water partition coefficient (Wildman–Crippen LogP) is 1.69. The van der Waals surface area contributed by atoms with Crippen LogP contribution in [0.15, 0.2) is 29.2 Å². The molecule has 1 aliphatic heterocycles. The summed E-state index contributed by atoms with van der Waals surface area (Å²) in [7, 11) is -2.01. The van der Waals surface area contributed by atoms with E-state index in [0.29, 0.717) is 18.8 Å². The van der Waals surface area contributed by atoms with Crippen LogP contribution >= 0.6 is 0 Å². The van der Waals surface area contributed by atoms with Gasteiger partial charge in [-0.3, -0.25) is 4.79 Å². The van der Waals surface area contributed by atoms with Gasteiger partial charge in [-0.25, -0.2) is 8.42 Å². The fourth-order valence-corrected chi connectivity index (χ4v) is 4.70. The van der Waals surface area contributed by atoms with E-state index < -0.39 is 15.8 Å². The first-order valence-electron chi connectivity index (χ1n) is 8.48. The maximum atomic E-state index is 12.7. The lowest BCUT2D eigenvalue weighted by Gasteiger charge is -2.43. The third-order valence-electron chi connectivity index (χ3n) is 4.93. The number of benzene rings is 1. The van der Waals surface area contributed by atoms with Crippen molar-refractivity contribution in [2.24, 2.45) is 17.1 Å². The normalized spacial score (nSPS) is 21.6. The van der Waals surface area contributed by atoms with E-state index in [1.54, 1.807) is 24.0 Å². The van der Waals surface area contributed by atoms with Crippen LogP contribution < -0.4 is 10.5 Å². The Labute approximate surface area is 150 Å². The lowest BCUT2D eigenvalue weighted by Crippen LogP contribution is -2.55. The number of nitrogens with two attached hydrogens (primary N) is 1. The van der Waals surface area contributed by atoms with Crippen LogP contribution in [-0.4, -0.2) is 51.2 Å². The molecule has 1 heterocycles. The zero-order valence-corrected chi connectivity index (χ0v) is 16.2. The molecule has 2 unspecified atom stereocenters.